The molecule has 1 heterocycles. The fourth-order valence-corrected chi connectivity index (χ4v) is 3.09. The molecule has 2 N–H and O–H groups in total. The average molecular weight is 406 g/mol. The van der Waals surface area contributed by atoms with Crippen molar-refractivity contribution in [2.45, 2.75) is 6.54 Å². The summed E-state index contributed by atoms with van der Waals surface area (Å²) in [6.45, 7) is 0.533. The highest BCUT2D eigenvalue weighted by molar-refractivity contribution is 6.33. The molecule has 0 saturated carbocycles. The first-order chi connectivity index (χ1) is 14.1. The van der Waals surface area contributed by atoms with E-state index in [1.807, 2.05) is 36.4 Å². The summed E-state index contributed by atoms with van der Waals surface area (Å²) in [6.07, 6.45) is 0. The second-order valence-corrected chi connectivity index (χ2v) is 6.73. The van der Waals surface area contributed by atoms with Gasteiger partial charge in [-0.25, -0.2) is 4.68 Å². The van der Waals surface area contributed by atoms with Crippen molar-refractivity contribution in [1.29, 1.82) is 0 Å². The molecule has 4 aromatic rings. The number of hydrazine groups is 1. The Kier molecular flexibility index (Phi) is 5.22. The third-order valence-corrected chi connectivity index (χ3v) is 4.71. The van der Waals surface area contributed by atoms with Crippen molar-refractivity contribution in [1.82, 2.24) is 25.8 Å². The van der Waals surface area contributed by atoms with Crippen molar-refractivity contribution in [2.75, 3.05) is 0 Å². The van der Waals surface area contributed by atoms with Crippen LogP contribution in [0.25, 0.3) is 11.0 Å². The van der Waals surface area contributed by atoms with Crippen LogP contribution in [0.2, 0.25) is 5.02 Å². The third-order valence-electron chi connectivity index (χ3n) is 4.38. The topological polar surface area (TPSA) is 88.9 Å². The molecule has 7 nitrogen and oxygen atoms in total. The Hall–Kier alpha value is -3.71. The van der Waals surface area contributed by atoms with E-state index in [-0.39, 0.29) is 5.56 Å². The first-order valence-corrected chi connectivity index (χ1v) is 9.22. The molecule has 3 aromatic carbocycles. The fraction of sp³-hybridized carbons (Fsp3) is 0.0476. The summed E-state index contributed by atoms with van der Waals surface area (Å²) in [5.41, 5.74) is 8.19. The van der Waals surface area contributed by atoms with Crippen LogP contribution in [0, 0.1) is 0 Å². The summed E-state index contributed by atoms with van der Waals surface area (Å²) in [5.74, 6) is -0.915. The van der Waals surface area contributed by atoms with Gasteiger partial charge in [0.1, 0.15) is 5.52 Å². The van der Waals surface area contributed by atoms with Gasteiger partial charge in [-0.15, -0.1) is 5.10 Å². The molecule has 0 aliphatic carbocycles. The number of carbonyl (C=O) groups is 2. The lowest BCUT2D eigenvalue weighted by Crippen LogP contribution is -2.41. The molecule has 0 saturated heterocycles. The van der Waals surface area contributed by atoms with E-state index in [1.165, 1.54) is 0 Å². The third kappa shape index (κ3) is 4.09. The molecule has 0 unspecified atom stereocenters. The van der Waals surface area contributed by atoms with Crippen molar-refractivity contribution in [3.8, 4) is 0 Å². The summed E-state index contributed by atoms with van der Waals surface area (Å²) in [6, 6.07) is 21.4. The first kappa shape index (κ1) is 18.6. The Balaban J connectivity index is 1.39. The maximum absolute atomic E-state index is 12.3. The number of rotatable bonds is 4. The number of nitrogens with zero attached hydrogens (tertiary/aromatic N) is 3. The zero-order valence-electron chi connectivity index (χ0n) is 15.2. The predicted octanol–water partition coefficient (Wildman–Crippen LogP) is 3.21. The number of benzene rings is 3. The average Bonchev–Trinajstić information content (AvgIpc) is 3.15. The monoisotopic (exact) mass is 405 g/mol. The lowest BCUT2D eigenvalue weighted by molar-refractivity contribution is 0.0846. The number of hydrogen-bond donors (Lipinski definition) is 2. The van der Waals surface area contributed by atoms with E-state index in [0.717, 1.165) is 16.6 Å². The van der Waals surface area contributed by atoms with E-state index in [1.54, 1.807) is 41.1 Å². The summed E-state index contributed by atoms with van der Waals surface area (Å²) >= 11 is 5.98. The van der Waals surface area contributed by atoms with Gasteiger partial charge in [0.25, 0.3) is 11.8 Å². The minimum atomic E-state index is -0.487. The fourth-order valence-electron chi connectivity index (χ4n) is 2.87. The molecule has 0 bridgehead atoms. The summed E-state index contributed by atoms with van der Waals surface area (Å²) in [4.78, 5) is 24.4. The molecule has 8 heteroatoms. The lowest BCUT2D eigenvalue weighted by Gasteiger charge is -2.09. The Morgan fingerprint density at radius 2 is 1.55 bits per heavy atom. The van der Waals surface area contributed by atoms with E-state index in [4.69, 9.17) is 11.6 Å². The van der Waals surface area contributed by atoms with Crippen LogP contribution in [-0.2, 0) is 6.54 Å². The van der Waals surface area contributed by atoms with Crippen LogP contribution in [0.3, 0.4) is 0 Å². The smallest absolute Gasteiger partial charge is 0.267 e. The number of carbonyl (C=O) groups excluding carboxylic acids is 2. The summed E-state index contributed by atoms with van der Waals surface area (Å²) in [7, 11) is 0. The summed E-state index contributed by atoms with van der Waals surface area (Å²) in [5, 5.41) is 8.60. The molecule has 0 aliphatic heterocycles. The van der Waals surface area contributed by atoms with Crippen molar-refractivity contribution in [3.63, 3.8) is 0 Å². The molecule has 0 radical (unpaired) electrons. The first-order valence-electron chi connectivity index (χ1n) is 8.84. The molecular formula is C21H16ClN5O2. The number of aromatic nitrogens is 3. The van der Waals surface area contributed by atoms with Crippen LogP contribution in [0.5, 0.6) is 0 Å². The quantitative estimate of drug-likeness (QED) is 0.510. The highest BCUT2D eigenvalue weighted by atomic mass is 35.5. The van der Waals surface area contributed by atoms with Crippen LogP contribution in [-0.4, -0.2) is 26.8 Å². The number of fused-ring (bicyclic) bond motifs is 1. The molecule has 144 valence electrons. The maximum Gasteiger partial charge on any atom is 0.271 e. The highest BCUT2D eigenvalue weighted by Gasteiger charge is 2.12. The number of halogens is 1. The second kappa shape index (κ2) is 8.12. The van der Waals surface area contributed by atoms with Gasteiger partial charge in [0.2, 0.25) is 0 Å². The molecule has 0 fully saturated rings. The van der Waals surface area contributed by atoms with E-state index in [2.05, 4.69) is 21.2 Å². The molecule has 4 rings (SSSR count). The van der Waals surface area contributed by atoms with Crippen LogP contribution >= 0.6 is 11.6 Å². The number of amides is 2. The Bertz CT molecular complexity index is 1190. The zero-order chi connectivity index (χ0) is 20.2. The molecule has 1 aromatic heterocycles. The Morgan fingerprint density at radius 3 is 2.34 bits per heavy atom. The van der Waals surface area contributed by atoms with Gasteiger partial charge in [0.05, 0.1) is 22.6 Å². The summed E-state index contributed by atoms with van der Waals surface area (Å²) < 4.78 is 1.80. The number of hydrogen-bond acceptors (Lipinski definition) is 4. The van der Waals surface area contributed by atoms with Gasteiger partial charge in [0, 0.05) is 5.56 Å². The van der Waals surface area contributed by atoms with Crippen LogP contribution in [0.15, 0.2) is 72.8 Å². The van der Waals surface area contributed by atoms with E-state index < -0.39 is 11.8 Å². The van der Waals surface area contributed by atoms with Crippen LogP contribution in [0.4, 0.5) is 0 Å². The van der Waals surface area contributed by atoms with Crippen LogP contribution < -0.4 is 10.9 Å². The SMILES string of the molecule is O=C(NNC(=O)c1ccccc1Cl)c1ccc(Cn2nnc3ccccc32)cc1. The van der Waals surface area contributed by atoms with Gasteiger partial charge in [-0.3, -0.25) is 20.4 Å². The number of nitrogens with one attached hydrogen (secondary N) is 2. The molecular weight excluding hydrogens is 390 g/mol. The minimum absolute atomic E-state index is 0.282. The normalized spacial score (nSPS) is 10.7. The standard InChI is InChI=1S/C21H16ClN5O2/c22-17-6-2-1-5-16(17)21(29)25-24-20(28)15-11-9-14(10-12-15)13-27-19-8-4-3-7-18(19)23-26-27/h1-12H,13H2,(H,24,28)(H,25,29). The van der Waals surface area contributed by atoms with E-state index in [0.29, 0.717) is 17.1 Å². The number of para-hydroxylation sites is 1. The Labute approximate surface area is 171 Å². The largest absolute Gasteiger partial charge is 0.271 e. The van der Waals surface area contributed by atoms with Crippen LogP contribution in [0.1, 0.15) is 26.3 Å². The van der Waals surface area contributed by atoms with Gasteiger partial charge in [-0.1, -0.05) is 53.2 Å². The molecule has 0 spiro atoms. The zero-order valence-corrected chi connectivity index (χ0v) is 15.9. The van der Waals surface area contributed by atoms with Gasteiger partial charge in [-0.05, 0) is 42.0 Å². The van der Waals surface area contributed by atoms with Crippen molar-refractivity contribution >= 4 is 34.4 Å². The van der Waals surface area contributed by atoms with Crippen molar-refractivity contribution in [3.05, 3.63) is 94.5 Å². The molecule has 2 amide bonds. The minimum Gasteiger partial charge on any atom is -0.267 e. The molecule has 0 atom stereocenters. The second-order valence-electron chi connectivity index (χ2n) is 6.32. The molecule has 29 heavy (non-hydrogen) atoms. The van der Waals surface area contributed by atoms with Crippen molar-refractivity contribution < 1.29 is 9.59 Å². The van der Waals surface area contributed by atoms with Gasteiger partial charge < -0.3 is 0 Å². The van der Waals surface area contributed by atoms with Crippen molar-refractivity contribution in [2.24, 2.45) is 0 Å². The van der Waals surface area contributed by atoms with Gasteiger partial charge in [0.15, 0.2) is 0 Å². The predicted molar refractivity (Wildman–Crippen MR) is 109 cm³/mol. The lowest BCUT2D eigenvalue weighted by atomic mass is 10.1. The maximum atomic E-state index is 12.3. The van der Waals surface area contributed by atoms with Gasteiger partial charge in [-0.2, -0.15) is 0 Å². The molecule has 0 aliphatic rings. The van der Waals surface area contributed by atoms with Gasteiger partial charge >= 0.3 is 0 Å². The van der Waals surface area contributed by atoms with E-state index >= 15 is 0 Å². The van der Waals surface area contributed by atoms with E-state index in [9.17, 15) is 9.59 Å². The Morgan fingerprint density at radius 1 is 0.862 bits per heavy atom. The highest BCUT2D eigenvalue weighted by Crippen LogP contribution is 2.15.